The second-order valence-corrected chi connectivity index (χ2v) is 5.45. The second-order valence-electron chi connectivity index (χ2n) is 5.45. The summed E-state index contributed by atoms with van der Waals surface area (Å²) in [5, 5.41) is 7.42. The first kappa shape index (κ1) is 13.2. The molecular weight excluding hydrogens is 252 g/mol. The van der Waals surface area contributed by atoms with Crippen LogP contribution in [-0.2, 0) is 4.79 Å². The Bertz CT molecular complexity index is 566. The number of hydrogen-bond acceptors (Lipinski definition) is 3. The quantitative estimate of drug-likeness (QED) is 0.898. The topological polar surface area (TPSA) is 54.3 Å². The summed E-state index contributed by atoms with van der Waals surface area (Å²) in [5.41, 5.74) is 0.833. The Morgan fingerprint density at radius 1 is 1.50 bits per heavy atom. The van der Waals surface area contributed by atoms with Gasteiger partial charge in [-0.3, -0.25) is 4.79 Å². The van der Waals surface area contributed by atoms with E-state index in [9.17, 15) is 4.79 Å². The smallest absolute Gasteiger partial charge is 0.230 e. The summed E-state index contributed by atoms with van der Waals surface area (Å²) in [5.74, 6) is 0.490. The molecule has 20 heavy (non-hydrogen) atoms. The molecule has 2 atom stereocenters. The molecule has 4 heteroatoms. The van der Waals surface area contributed by atoms with Crippen molar-refractivity contribution in [3.8, 4) is 0 Å². The van der Waals surface area contributed by atoms with Gasteiger partial charge in [0, 0.05) is 18.0 Å². The molecule has 3 rings (SSSR count). The van der Waals surface area contributed by atoms with Gasteiger partial charge in [-0.1, -0.05) is 18.2 Å². The minimum atomic E-state index is -0.260. The van der Waals surface area contributed by atoms with E-state index >= 15 is 0 Å². The molecule has 1 aromatic carbocycles. The highest BCUT2D eigenvalue weighted by molar-refractivity contribution is 5.85. The molecule has 0 radical (unpaired) electrons. The van der Waals surface area contributed by atoms with Gasteiger partial charge >= 0.3 is 0 Å². The third-order valence-corrected chi connectivity index (χ3v) is 3.95. The predicted molar refractivity (Wildman–Crippen MR) is 78.7 cm³/mol. The van der Waals surface area contributed by atoms with Gasteiger partial charge in [-0.2, -0.15) is 0 Å². The number of nitrogens with one attached hydrogen (secondary N) is 2. The van der Waals surface area contributed by atoms with Crippen LogP contribution in [0.2, 0.25) is 0 Å². The third-order valence-electron chi connectivity index (χ3n) is 3.95. The Kier molecular flexibility index (Phi) is 3.74. The van der Waals surface area contributed by atoms with E-state index in [1.165, 1.54) is 6.42 Å². The minimum absolute atomic E-state index is 0.0257. The fraction of sp³-hybridized carbons (Fsp3) is 0.438. The molecule has 2 aromatic rings. The fourth-order valence-corrected chi connectivity index (χ4v) is 2.65. The highest BCUT2D eigenvalue weighted by Gasteiger charge is 2.21. The first-order chi connectivity index (χ1) is 9.74. The summed E-state index contributed by atoms with van der Waals surface area (Å²) in [7, 11) is 0. The van der Waals surface area contributed by atoms with Crippen LogP contribution in [0.1, 0.15) is 31.4 Å². The molecular formula is C16H20N2O2. The monoisotopic (exact) mass is 272 g/mol. The number of fused-ring (bicyclic) bond motifs is 1. The first-order valence-electron chi connectivity index (χ1n) is 7.23. The lowest BCUT2D eigenvalue weighted by atomic mass is 10.1. The van der Waals surface area contributed by atoms with Crippen LogP contribution in [0, 0.1) is 0 Å². The van der Waals surface area contributed by atoms with Gasteiger partial charge in [0.1, 0.15) is 11.3 Å². The van der Waals surface area contributed by atoms with E-state index < -0.39 is 0 Å². The normalized spacial score (nSPS) is 20.1. The Balaban J connectivity index is 1.64. The maximum atomic E-state index is 12.2. The van der Waals surface area contributed by atoms with Crippen molar-refractivity contribution in [1.29, 1.82) is 0 Å². The number of carbonyl (C=O) groups is 1. The highest BCUT2D eigenvalue weighted by Crippen LogP contribution is 2.24. The number of benzene rings is 1. The van der Waals surface area contributed by atoms with E-state index in [1.54, 1.807) is 0 Å². The van der Waals surface area contributed by atoms with Crippen LogP contribution < -0.4 is 10.6 Å². The zero-order chi connectivity index (χ0) is 13.9. The average Bonchev–Trinajstić information content (AvgIpc) is 3.12. The van der Waals surface area contributed by atoms with Crippen LogP contribution in [0.25, 0.3) is 11.0 Å². The number of furan rings is 1. The number of para-hydroxylation sites is 1. The summed E-state index contributed by atoms with van der Waals surface area (Å²) in [6.45, 7) is 3.64. The minimum Gasteiger partial charge on any atom is -0.460 e. The molecule has 106 valence electrons. The molecule has 1 aliphatic rings. The Morgan fingerprint density at radius 2 is 2.35 bits per heavy atom. The lowest BCUT2D eigenvalue weighted by Crippen LogP contribution is -2.38. The fourth-order valence-electron chi connectivity index (χ4n) is 2.65. The maximum Gasteiger partial charge on any atom is 0.230 e. The number of carbonyl (C=O) groups excluding carboxylic acids is 1. The van der Waals surface area contributed by atoms with Crippen molar-refractivity contribution < 1.29 is 9.21 Å². The van der Waals surface area contributed by atoms with Gasteiger partial charge in [-0.05, 0) is 38.4 Å². The van der Waals surface area contributed by atoms with Crippen molar-refractivity contribution in [2.75, 3.05) is 13.1 Å². The third kappa shape index (κ3) is 2.70. The molecule has 1 saturated heterocycles. The summed E-state index contributed by atoms with van der Waals surface area (Å²) >= 11 is 0. The molecule has 2 unspecified atom stereocenters. The van der Waals surface area contributed by atoms with Crippen LogP contribution >= 0.6 is 0 Å². The van der Waals surface area contributed by atoms with Crippen LogP contribution in [0.5, 0.6) is 0 Å². The van der Waals surface area contributed by atoms with E-state index in [2.05, 4.69) is 10.6 Å². The van der Waals surface area contributed by atoms with E-state index in [0.29, 0.717) is 12.6 Å². The number of hydrogen-bond donors (Lipinski definition) is 2. The zero-order valence-corrected chi connectivity index (χ0v) is 11.7. The molecule has 1 amide bonds. The molecule has 0 saturated carbocycles. The molecule has 0 bridgehead atoms. The Morgan fingerprint density at radius 3 is 3.10 bits per heavy atom. The lowest BCUT2D eigenvalue weighted by Gasteiger charge is -2.14. The van der Waals surface area contributed by atoms with Gasteiger partial charge in [0.15, 0.2) is 0 Å². The van der Waals surface area contributed by atoms with Gasteiger partial charge in [0.25, 0.3) is 0 Å². The molecule has 2 heterocycles. The van der Waals surface area contributed by atoms with Crippen molar-refractivity contribution in [3.63, 3.8) is 0 Å². The Labute approximate surface area is 118 Å². The van der Waals surface area contributed by atoms with Crippen molar-refractivity contribution >= 4 is 16.9 Å². The van der Waals surface area contributed by atoms with Crippen LogP contribution in [0.4, 0.5) is 0 Å². The molecule has 4 nitrogen and oxygen atoms in total. The SMILES string of the molecule is CC(C(=O)NCC1CCCN1)c1cc2ccccc2o1. The van der Waals surface area contributed by atoms with Crippen molar-refractivity contribution in [2.24, 2.45) is 0 Å². The van der Waals surface area contributed by atoms with Crippen LogP contribution in [-0.4, -0.2) is 25.0 Å². The van der Waals surface area contributed by atoms with Gasteiger partial charge in [0.2, 0.25) is 5.91 Å². The van der Waals surface area contributed by atoms with Crippen LogP contribution in [0.15, 0.2) is 34.7 Å². The number of amides is 1. The first-order valence-corrected chi connectivity index (χ1v) is 7.23. The van der Waals surface area contributed by atoms with Crippen molar-refractivity contribution in [3.05, 3.63) is 36.1 Å². The molecule has 2 N–H and O–H groups in total. The molecule has 1 fully saturated rings. The second kappa shape index (κ2) is 5.67. The van der Waals surface area contributed by atoms with E-state index in [1.807, 2.05) is 37.3 Å². The molecule has 1 aromatic heterocycles. The highest BCUT2D eigenvalue weighted by atomic mass is 16.3. The van der Waals surface area contributed by atoms with Crippen molar-refractivity contribution in [2.45, 2.75) is 31.7 Å². The number of rotatable bonds is 4. The largest absolute Gasteiger partial charge is 0.460 e. The van der Waals surface area contributed by atoms with E-state index in [-0.39, 0.29) is 11.8 Å². The van der Waals surface area contributed by atoms with E-state index in [4.69, 9.17) is 4.42 Å². The lowest BCUT2D eigenvalue weighted by molar-refractivity contribution is -0.122. The maximum absolute atomic E-state index is 12.2. The average molecular weight is 272 g/mol. The zero-order valence-electron chi connectivity index (χ0n) is 11.7. The van der Waals surface area contributed by atoms with Crippen LogP contribution in [0.3, 0.4) is 0 Å². The Hall–Kier alpha value is -1.81. The van der Waals surface area contributed by atoms with Crippen molar-refractivity contribution in [1.82, 2.24) is 10.6 Å². The summed E-state index contributed by atoms with van der Waals surface area (Å²) in [4.78, 5) is 12.2. The van der Waals surface area contributed by atoms with Gasteiger partial charge in [-0.15, -0.1) is 0 Å². The summed E-state index contributed by atoms with van der Waals surface area (Å²) in [6, 6.07) is 10.2. The van der Waals surface area contributed by atoms with Gasteiger partial charge in [-0.25, -0.2) is 0 Å². The standard InChI is InChI=1S/C16H20N2O2/c1-11(16(19)18-10-13-6-4-8-17-13)15-9-12-5-2-3-7-14(12)20-15/h2-3,5,7,9,11,13,17H,4,6,8,10H2,1H3,(H,18,19). The van der Waals surface area contributed by atoms with Gasteiger partial charge < -0.3 is 15.1 Å². The van der Waals surface area contributed by atoms with Gasteiger partial charge in [0.05, 0.1) is 5.92 Å². The van der Waals surface area contributed by atoms with E-state index in [0.717, 1.165) is 29.7 Å². The predicted octanol–water partition coefficient (Wildman–Crippen LogP) is 2.40. The molecule has 1 aliphatic heterocycles. The summed E-state index contributed by atoms with van der Waals surface area (Å²) in [6.07, 6.45) is 2.33. The molecule has 0 spiro atoms. The molecule has 0 aliphatic carbocycles. The summed E-state index contributed by atoms with van der Waals surface area (Å²) < 4.78 is 5.75.